The molecule has 2 aromatic carbocycles. The highest BCUT2D eigenvalue weighted by Gasteiger charge is 2.07. The van der Waals surface area contributed by atoms with Crippen molar-refractivity contribution in [2.24, 2.45) is 0 Å². The number of para-hydroxylation sites is 2. The molecular weight excluding hydrogens is 254 g/mol. The molecule has 0 fully saturated rings. The van der Waals surface area contributed by atoms with E-state index in [-0.39, 0.29) is 5.91 Å². The molecule has 3 N–H and O–H groups in total. The Bertz CT molecular complexity index is 690. The van der Waals surface area contributed by atoms with Crippen LogP contribution in [-0.2, 0) is 4.79 Å². The minimum atomic E-state index is -0.180. The molecule has 5 nitrogen and oxygen atoms in total. The molecule has 0 aliphatic rings. The highest BCUT2D eigenvalue weighted by molar-refractivity contribution is 5.90. The third-order valence-corrected chi connectivity index (χ3v) is 2.57. The Labute approximate surface area is 116 Å². The van der Waals surface area contributed by atoms with Crippen LogP contribution in [0.1, 0.15) is 12.5 Å². The molecule has 0 aliphatic heterocycles. The lowest BCUT2D eigenvalue weighted by atomic mass is 10.2. The van der Waals surface area contributed by atoms with Gasteiger partial charge in [0.05, 0.1) is 16.9 Å². The fourth-order valence-electron chi connectivity index (χ4n) is 1.68. The van der Waals surface area contributed by atoms with Gasteiger partial charge in [-0.2, -0.15) is 5.26 Å². The number of nitriles is 1. The van der Waals surface area contributed by atoms with Crippen molar-refractivity contribution in [1.82, 2.24) is 0 Å². The fraction of sp³-hybridized carbons (Fsp3) is 0.0667. The van der Waals surface area contributed by atoms with Gasteiger partial charge >= 0.3 is 0 Å². The second-order valence-electron chi connectivity index (χ2n) is 4.14. The number of hydrogen-bond acceptors (Lipinski definition) is 4. The summed E-state index contributed by atoms with van der Waals surface area (Å²) in [6.07, 6.45) is 0. The van der Waals surface area contributed by atoms with Crippen molar-refractivity contribution in [2.45, 2.75) is 6.92 Å². The lowest BCUT2D eigenvalue weighted by Gasteiger charge is -2.11. The van der Waals surface area contributed by atoms with E-state index in [1.54, 1.807) is 42.5 Å². The first-order valence-corrected chi connectivity index (χ1v) is 5.94. The average Bonchev–Trinajstić information content (AvgIpc) is 2.41. The zero-order valence-corrected chi connectivity index (χ0v) is 10.9. The number of nitrogens with two attached hydrogens (primary N) is 1. The van der Waals surface area contributed by atoms with Gasteiger partial charge in [-0.05, 0) is 24.3 Å². The molecule has 2 rings (SSSR count). The first kappa shape index (κ1) is 13.4. The van der Waals surface area contributed by atoms with E-state index in [0.29, 0.717) is 28.4 Å². The minimum Gasteiger partial charge on any atom is -0.455 e. The molecule has 0 saturated heterocycles. The Morgan fingerprint density at radius 3 is 2.70 bits per heavy atom. The largest absolute Gasteiger partial charge is 0.455 e. The number of carbonyl (C=O) groups is 1. The number of carbonyl (C=O) groups excluding carboxylic acids is 1. The second-order valence-corrected chi connectivity index (χ2v) is 4.14. The molecule has 0 bridgehead atoms. The molecule has 100 valence electrons. The maximum absolute atomic E-state index is 11.1. The van der Waals surface area contributed by atoms with Gasteiger partial charge in [0.15, 0.2) is 5.75 Å². The molecular formula is C15H13N3O2. The van der Waals surface area contributed by atoms with Crippen LogP contribution < -0.4 is 15.8 Å². The summed E-state index contributed by atoms with van der Waals surface area (Å²) < 4.78 is 5.69. The topological polar surface area (TPSA) is 88.1 Å². The van der Waals surface area contributed by atoms with Gasteiger partial charge in [-0.25, -0.2) is 0 Å². The van der Waals surface area contributed by atoms with Crippen LogP contribution in [0.5, 0.6) is 11.5 Å². The third kappa shape index (κ3) is 3.06. The van der Waals surface area contributed by atoms with Crippen molar-refractivity contribution in [3.05, 3.63) is 48.0 Å². The molecule has 20 heavy (non-hydrogen) atoms. The summed E-state index contributed by atoms with van der Waals surface area (Å²) in [6.45, 7) is 1.43. The molecule has 0 aromatic heterocycles. The van der Waals surface area contributed by atoms with Crippen LogP contribution in [0.2, 0.25) is 0 Å². The average molecular weight is 267 g/mol. The second kappa shape index (κ2) is 5.76. The first-order chi connectivity index (χ1) is 9.60. The Kier molecular flexibility index (Phi) is 3.87. The fourth-order valence-corrected chi connectivity index (χ4v) is 1.68. The van der Waals surface area contributed by atoms with E-state index in [1.807, 2.05) is 6.07 Å². The molecule has 0 heterocycles. The van der Waals surface area contributed by atoms with Crippen LogP contribution in [0.15, 0.2) is 42.5 Å². The number of nitrogen functional groups attached to an aromatic ring is 1. The monoisotopic (exact) mass is 267 g/mol. The number of rotatable bonds is 3. The van der Waals surface area contributed by atoms with E-state index < -0.39 is 0 Å². The van der Waals surface area contributed by atoms with Crippen molar-refractivity contribution in [3.8, 4) is 17.6 Å². The molecule has 5 heteroatoms. The summed E-state index contributed by atoms with van der Waals surface area (Å²) in [6, 6.07) is 13.9. The Morgan fingerprint density at radius 1 is 1.30 bits per heavy atom. The summed E-state index contributed by atoms with van der Waals surface area (Å²) in [5.74, 6) is 0.825. The standard InChI is InChI=1S/C15H13N3O2/c1-10(19)18-14-4-2-3-5-15(14)20-12-7-6-11(9-16)13(17)8-12/h2-8H,17H2,1H3,(H,18,19). The van der Waals surface area contributed by atoms with E-state index >= 15 is 0 Å². The number of hydrogen-bond donors (Lipinski definition) is 2. The number of nitrogens with zero attached hydrogens (tertiary/aromatic N) is 1. The van der Waals surface area contributed by atoms with Crippen molar-refractivity contribution in [3.63, 3.8) is 0 Å². The molecule has 0 aliphatic carbocycles. The molecule has 2 aromatic rings. The van der Waals surface area contributed by atoms with Crippen LogP contribution in [0, 0.1) is 11.3 Å². The Hall–Kier alpha value is -3.00. The highest BCUT2D eigenvalue weighted by Crippen LogP contribution is 2.30. The predicted molar refractivity (Wildman–Crippen MR) is 76.4 cm³/mol. The van der Waals surface area contributed by atoms with Crippen LogP contribution in [0.25, 0.3) is 0 Å². The number of nitrogens with one attached hydrogen (secondary N) is 1. The van der Waals surface area contributed by atoms with Crippen molar-refractivity contribution in [2.75, 3.05) is 11.1 Å². The van der Waals surface area contributed by atoms with Crippen molar-refractivity contribution < 1.29 is 9.53 Å². The van der Waals surface area contributed by atoms with Gasteiger partial charge < -0.3 is 15.8 Å². The summed E-state index contributed by atoms with van der Waals surface area (Å²) >= 11 is 0. The van der Waals surface area contributed by atoms with Gasteiger partial charge in [-0.1, -0.05) is 12.1 Å². The maximum atomic E-state index is 11.1. The maximum Gasteiger partial charge on any atom is 0.221 e. The smallest absolute Gasteiger partial charge is 0.221 e. The zero-order chi connectivity index (χ0) is 14.5. The van der Waals surface area contributed by atoms with Crippen LogP contribution in [-0.4, -0.2) is 5.91 Å². The van der Waals surface area contributed by atoms with Crippen LogP contribution in [0.4, 0.5) is 11.4 Å². The molecule has 0 saturated carbocycles. The van der Waals surface area contributed by atoms with E-state index in [4.69, 9.17) is 15.7 Å². The number of benzene rings is 2. The highest BCUT2D eigenvalue weighted by atomic mass is 16.5. The van der Waals surface area contributed by atoms with Gasteiger partial charge in [0.25, 0.3) is 0 Å². The van der Waals surface area contributed by atoms with E-state index in [2.05, 4.69) is 5.32 Å². The minimum absolute atomic E-state index is 0.180. The van der Waals surface area contributed by atoms with E-state index in [9.17, 15) is 4.79 Å². The summed E-state index contributed by atoms with van der Waals surface area (Å²) in [4.78, 5) is 11.1. The molecule has 0 radical (unpaired) electrons. The van der Waals surface area contributed by atoms with Gasteiger partial charge in [-0.3, -0.25) is 4.79 Å². The Balaban J connectivity index is 2.28. The molecule has 0 unspecified atom stereocenters. The van der Waals surface area contributed by atoms with Crippen LogP contribution in [0.3, 0.4) is 0 Å². The van der Waals surface area contributed by atoms with Crippen molar-refractivity contribution >= 4 is 17.3 Å². The normalized spacial score (nSPS) is 9.60. The van der Waals surface area contributed by atoms with E-state index in [0.717, 1.165) is 0 Å². The summed E-state index contributed by atoms with van der Waals surface area (Å²) in [5.41, 5.74) is 7.05. The van der Waals surface area contributed by atoms with Gasteiger partial charge in [-0.15, -0.1) is 0 Å². The first-order valence-electron chi connectivity index (χ1n) is 5.94. The molecule has 0 spiro atoms. The Morgan fingerprint density at radius 2 is 2.05 bits per heavy atom. The SMILES string of the molecule is CC(=O)Nc1ccccc1Oc1ccc(C#N)c(N)c1. The summed E-state index contributed by atoms with van der Waals surface area (Å²) in [7, 11) is 0. The number of ether oxygens (including phenoxy) is 1. The van der Waals surface area contributed by atoms with E-state index in [1.165, 1.54) is 6.92 Å². The zero-order valence-electron chi connectivity index (χ0n) is 10.9. The van der Waals surface area contributed by atoms with Gasteiger partial charge in [0.2, 0.25) is 5.91 Å². The van der Waals surface area contributed by atoms with Gasteiger partial charge in [0.1, 0.15) is 11.8 Å². The number of anilines is 2. The van der Waals surface area contributed by atoms with Crippen molar-refractivity contribution in [1.29, 1.82) is 5.26 Å². The van der Waals surface area contributed by atoms with Crippen LogP contribution >= 0.6 is 0 Å². The lowest BCUT2D eigenvalue weighted by molar-refractivity contribution is -0.114. The number of amides is 1. The lowest BCUT2D eigenvalue weighted by Crippen LogP contribution is -2.06. The third-order valence-electron chi connectivity index (χ3n) is 2.57. The summed E-state index contributed by atoms with van der Waals surface area (Å²) in [5, 5.41) is 11.5. The molecule has 0 atom stereocenters. The molecule has 1 amide bonds. The quantitative estimate of drug-likeness (QED) is 0.837. The predicted octanol–water partition coefficient (Wildman–Crippen LogP) is 2.89. The van der Waals surface area contributed by atoms with Gasteiger partial charge in [0, 0.05) is 13.0 Å².